The van der Waals surface area contributed by atoms with Crippen molar-refractivity contribution in [3.05, 3.63) is 43.2 Å². The molecule has 2 atom stereocenters. The van der Waals surface area contributed by atoms with Gasteiger partial charge in [-0.05, 0) is 50.1 Å². The second-order valence-corrected chi connectivity index (χ2v) is 8.74. The molecule has 0 aromatic carbocycles. The van der Waals surface area contributed by atoms with Crippen LogP contribution in [-0.2, 0) is 11.2 Å². The van der Waals surface area contributed by atoms with Crippen molar-refractivity contribution in [3.63, 3.8) is 0 Å². The molecule has 0 aliphatic carbocycles. The van der Waals surface area contributed by atoms with Gasteiger partial charge in [-0.2, -0.15) is 0 Å². The van der Waals surface area contributed by atoms with Crippen LogP contribution in [-0.4, -0.2) is 28.6 Å². The highest BCUT2D eigenvalue weighted by atomic mass is 35.5. The lowest BCUT2D eigenvalue weighted by molar-refractivity contribution is -0.145. The van der Waals surface area contributed by atoms with Gasteiger partial charge in [-0.25, -0.2) is 0 Å². The smallest absolute Gasteiger partial charge is 0.320 e. The Hall–Kier alpha value is -0.880. The van der Waals surface area contributed by atoms with Crippen LogP contribution in [0.15, 0.2) is 24.3 Å². The van der Waals surface area contributed by atoms with Crippen LogP contribution in [0.5, 0.6) is 0 Å². The van der Waals surface area contributed by atoms with Crippen LogP contribution < -0.4 is 0 Å². The van der Waals surface area contributed by atoms with Crippen molar-refractivity contribution in [1.29, 1.82) is 0 Å². The molecule has 1 aliphatic rings. The Kier molecular flexibility index (Phi) is 5.42. The van der Waals surface area contributed by atoms with E-state index in [-0.39, 0.29) is 6.04 Å². The lowest BCUT2D eigenvalue weighted by Gasteiger charge is -2.38. The number of likely N-dealkylation sites (tertiary alicyclic amines) is 1. The van der Waals surface area contributed by atoms with E-state index in [4.69, 9.17) is 11.6 Å². The van der Waals surface area contributed by atoms with Crippen LogP contribution in [0.1, 0.15) is 46.9 Å². The SMILES string of the molecule is CCc1ccc(C(c2ccc(Cl)s2)N2CCCCC2C(=O)O)s1. The van der Waals surface area contributed by atoms with E-state index < -0.39 is 12.0 Å². The monoisotopic (exact) mass is 369 g/mol. The van der Waals surface area contributed by atoms with Crippen LogP contribution in [0.25, 0.3) is 0 Å². The molecule has 1 aliphatic heterocycles. The lowest BCUT2D eigenvalue weighted by Crippen LogP contribution is -2.46. The van der Waals surface area contributed by atoms with Gasteiger partial charge in [-0.15, -0.1) is 22.7 Å². The zero-order valence-electron chi connectivity index (χ0n) is 13.0. The molecule has 3 nitrogen and oxygen atoms in total. The van der Waals surface area contributed by atoms with Crippen LogP contribution in [0.3, 0.4) is 0 Å². The van der Waals surface area contributed by atoms with Gasteiger partial charge in [0.2, 0.25) is 0 Å². The normalized spacial score (nSPS) is 20.5. The number of halogens is 1. The molecule has 0 saturated carbocycles. The molecule has 3 rings (SSSR count). The topological polar surface area (TPSA) is 40.5 Å². The second-order valence-electron chi connectivity index (χ2n) is 5.79. The first-order valence-corrected chi connectivity index (χ1v) is 9.93. The zero-order valence-corrected chi connectivity index (χ0v) is 15.4. The maximum atomic E-state index is 11.7. The fourth-order valence-electron chi connectivity index (χ4n) is 3.20. The molecule has 2 aromatic heterocycles. The molecule has 3 heterocycles. The fraction of sp³-hybridized carbons (Fsp3) is 0.471. The second kappa shape index (κ2) is 7.34. The number of piperidine rings is 1. The summed E-state index contributed by atoms with van der Waals surface area (Å²) in [4.78, 5) is 17.6. The first kappa shape index (κ1) is 17.0. The minimum absolute atomic E-state index is 0.000741. The summed E-state index contributed by atoms with van der Waals surface area (Å²) in [6.07, 6.45) is 3.75. The quantitative estimate of drug-likeness (QED) is 0.801. The predicted octanol–water partition coefficient (Wildman–Crippen LogP) is 5.05. The third-order valence-electron chi connectivity index (χ3n) is 4.32. The lowest BCUT2D eigenvalue weighted by atomic mass is 9.98. The molecule has 23 heavy (non-hydrogen) atoms. The first-order valence-electron chi connectivity index (χ1n) is 7.92. The Bertz CT molecular complexity index is 682. The maximum Gasteiger partial charge on any atom is 0.320 e. The van der Waals surface area contributed by atoms with Crippen molar-refractivity contribution < 1.29 is 9.90 Å². The van der Waals surface area contributed by atoms with Crippen molar-refractivity contribution in [3.8, 4) is 0 Å². The number of carbonyl (C=O) groups is 1. The summed E-state index contributed by atoms with van der Waals surface area (Å²) in [6, 6.07) is 7.83. The molecule has 1 N–H and O–H groups in total. The molecule has 0 bridgehead atoms. The van der Waals surface area contributed by atoms with Crippen LogP contribution in [0.4, 0.5) is 0 Å². The third kappa shape index (κ3) is 3.63. The molecule has 6 heteroatoms. The van der Waals surface area contributed by atoms with E-state index in [0.29, 0.717) is 0 Å². The summed E-state index contributed by atoms with van der Waals surface area (Å²) >= 11 is 9.48. The number of aliphatic carboxylic acids is 1. The molecular weight excluding hydrogens is 350 g/mol. The van der Waals surface area contributed by atoms with E-state index in [0.717, 1.165) is 41.4 Å². The van der Waals surface area contributed by atoms with Gasteiger partial charge in [-0.3, -0.25) is 9.69 Å². The van der Waals surface area contributed by atoms with Crippen molar-refractivity contribution in [1.82, 2.24) is 4.90 Å². The van der Waals surface area contributed by atoms with Gasteiger partial charge in [0.25, 0.3) is 0 Å². The number of aryl methyl sites for hydroxylation is 1. The number of thiophene rings is 2. The Balaban J connectivity index is 2.01. The van der Waals surface area contributed by atoms with Gasteiger partial charge in [0.1, 0.15) is 6.04 Å². The van der Waals surface area contributed by atoms with Gasteiger partial charge in [-0.1, -0.05) is 24.9 Å². The number of carboxylic acids is 1. The molecule has 2 unspecified atom stereocenters. The summed E-state index contributed by atoms with van der Waals surface area (Å²) in [7, 11) is 0. The standard InChI is InChI=1S/C17H20ClNO2S2/c1-2-11-6-7-13(22-11)16(14-8-9-15(18)23-14)19-10-4-3-5-12(19)17(20)21/h6-9,12,16H,2-5,10H2,1H3,(H,20,21). The Labute approximate surface area is 149 Å². The van der Waals surface area contributed by atoms with Crippen LogP contribution in [0, 0.1) is 0 Å². The van der Waals surface area contributed by atoms with Crippen LogP contribution >= 0.6 is 34.3 Å². The Morgan fingerprint density at radius 3 is 2.65 bits per heavy atom. The van der Waals surface area contributed by atoms with Crippen molar-refractivity contribution in [2.75, 3.05) is 6.54 Å². The minimum atomic E-state index is -0.718. The maximum absolute atomic E-state index is 11.7. The van der Waals surface area contributed by atoms with Gasteiger partial charge >= 0.3 is 5.97 Å². The van der Waals surface area contributed by atoms with Crippen molar-refractivity contribution >= 4 is 40.2 Å². The fourth-order valence-corrected chi connectivity index (χ4v) is 5.57. The third-order valence-corrected chi connectivity index (χ3v) is 6.89. The predicted molar refractivity (Wildman–Crippen MR) is 96.8 cm³/mol. The van der Waals surface area contributed by atoms with E-state index in [1.54, 1.807) is 22.7 Å². The van der Waals surface area contributed by atoms with Crippen molar-refractivity contribution in [2.24, 2.45) is 0 Å². The molecule has 2 aromatic rings. The number of carboxylic acid groups (broad SMARTS) is 1. The summed E-state index contributed by atoms with van der Waals surface area (Å²) in [6.45, 7) is 2.96. The zero-order chi connectivity index (χ0) is 16.4. The van der Waals surface area contributed by atoms with E-state index in [2.05, 4.69) is 24.0 Å². The van der Waals surface area contributed by atoms with Gasteiger partial charge in [0, 0.05) is 14.6 Å². The summed E-state index contributed by atoms with van der Waals surface area (Å²) in [5, 5.41) is 9.65. The summed E-state index contributed by atoms with van der Waals surface area (Å²) in [5.74, 6) is -0.718. The number of hydrogen-bond donors (Lipinski definition) is 1. The largest absolute Gasteiger partial charge is 0.480 e. The van der Waals surface area contributed by atoms with E-state index in [9.17, 15) is 9.90 Å². The molecule has 124 valence electrons. The Morgan fingerprint density at radius 1 is 1.30 bits per heavy atom. The van der Waals surface area contributed by atoms with Gasteiger partial charge < -0.3 is 5.11 Å². The molecular formula is C17H20ClNO2S2. The van der Waals surface area contributed by atoms with E-state index >= 15 is 0 Å². The van der Waals surface area contributed by atoms with E-state index in [1.807, 2.05) is 12.1 Å². The number of hydrogen-bond acceptors (Lipinski definition) is 4. The number of rotatable bonds is 5. The average Bonchev–Trinajstić information content (AvgIpc) is 3.17. The highest BCUT2D eigenvalue weighted by Gasteiger charge is 2.36. The van der Waals surface area contributed by atoms with E-state index in [1.165, 1.54) is 9.75 Å². The summed E-state index contributed by atoms with van der Waals surface area (Å²) in [5.41, 5.74) is 0. The molecule has 1 saturated heterocycles. The summed E-state index contributed by atoms with van der Waals surface area (Å²) < 4.78 is 0.751. The molecule has 1 fully saturated rings. The molecule has 0 amide bonds. The van der Waals surface area contributed by atoms with Gasteiger partial charge in [0.15, 0.2) is 0 Å². The molecule has 0 radical (unpaired) electrons. The minimum Gasteiger partial charge on any atom is -0.480 e. The van der Waals surface area contributed by atoms with Crippen LogP contribution in [0.2, 0.25) is 4.34 Å². The first-order chi connectivity index (χ1) is 11.1. The average molecular weight is 370 g/mol. The molecule has 0 spiro atoms. The highest BCUT2D eigenvalue weighted by Crippen LogP contribution is 2.41. The van der Waals surface area contributed by atoms with Gasteiger partial charge in [0.05, 0.1) is 10.4 Å². The number of nitrogens with zero attached hydrogens (tertiary/aromatic N) is 1. The highest BCUT2D eigenvalue weighted by molar-refractivity contribution is 7.16. The van der Waals surface area contributed by atoms with Crippen molar-refractivity contribution in [2.45, 2.75) is 44.7 Å². The Morgan fingerprint density at radius 2 is 2.04 bits per heavy atom.